The van der Waals surface area contributed by atoms with E-state index in [1.807, 2.05) is 0 Å². The van der Waals surface area contributed by atoms with Crippen LogP contribution in [-0.2, 0) is 6.42 Å². The molecule has 0 aliphatic rings. The Morgan fingerprint density at radius 2 is 1.84 bits per heavy atom. The fourth-order valence-electron chi connectivity index (χ4n) is 2.00. The summed E-state index contributed by atoms with van der Waals surface area (Å²) in [5.41, 5.74) is 2.78. The maximum atomic E-state index is 5.79. The predicted molar refractivity (Wildman–Crippen MR) is 83.8 cm³/mol. The fourth-order valence-corrected chi connectivity index (χ4v) is 2.00. The highest BCUT2D eigenvalue weighted by molar-refractivity contribution is 5.27. The minimum Gasteiger partial charge on any atom is -0.494 e. The van der Waals surface area contributed by atoms with Gasteiger partial charge in [-0.25, -0.2) is 0 Å². The van der Waals surface area contributed by atoms with Gasteiger partial charge in [-0.2, -0.15) is 0 Å². The van der Waals surface area contributed by atoms with Gasteiger partial charge in [-0.05, 0) is 63.1 Å². The highest BCUT2D eigenvalue weighted by Gasteiger charge is 2.02. The minimum atomic E-state index is 0.727. The van der Waals surface area contributed by atoms with Crippen molar-refractivity contribution in [3.8, 4) is 5.75 Å². The third kappa shape index (κ3) is 7.05. The molecule has 1 atom stereocenters. The van der Waals surface area contributed by atoms with Crippen molar-refractivity contribution in [3.05, 3.63) is 41.5 Å². The second-order valence-electron chi connectivity index (χ2n) is 5.60. The SMILES string of the molecule is CCc1ccc(OCCC(C)CCC=C(C)C)cc1. The first kappa shape index (κ1) is 15.8. The molecule has 0 bridgehead atoms. The Balaban J connectivity index is 2.20. The molecule has 0 heterocycles. The van der Waals surface area contributed by atoms with E-state index in [1.54, 1.807) is 0 Å². The molecule has 0 spiro atoms. The summed E-state index contributed by atoms with van der Waals surface area (Å²) >= 11 is 0. The molecule has 0 saturated heterocycles. The molecule has 0 aliphatic carbocycles. The van der Waals surface area contributed by atoms with Crippen LogP contribution in [0.2, 0.25) is 0 Å². The molecule has 1 nitrogen and oxygen atoms in total. The van der Waals surface area contributed by atoms with Crippen molar-refractivity contribution in [1.29, 1.82) is 0 Å². The molecule has 1 aromatic rings. The first-order valence-corrected chi connectivity index (χ1v) is 7.47. The average Bonchev–Trinajstić information content (AvgIpc) is 2.39. The standard InChI is InChI=1S/C18H28O/c1-5-17-9-11-18(12-10-17)19-14-13-16(4)8-6-7-15(2)3/h7,9-12,16H,5-6,8,13-14H2,1-4H3. The lowest BCUT2D eigenvalue weighted by atomic mass is 10.0. The predicted octanol–water partition coefficient (Wildman–Crippen LogP) is 5.40. The van der Waals surface area contributed by atoms with E-state index in [0.29, 0.717) is 0 Å². The molecule has 0 aliphatic heterocycles. The summed E-state index contributed by atoms with van der Waals surface area (Å²) in [4.78, 5) is 0. The van der Waals surface area contributed by atoms with Crippen molar-refractivity contribution in [2.24, 2.45) is 5.92 Å². The summed E-state index contributed by atoms with van der Waals surface area (Å²) in [6.45, 7) is 9.62. The molecule has 1 aromatic carbocycles. The zero-order valence-corrected chi connectivity index (χ0v) is 12.9. The Labute approximate surface area is 118 Å². The number of allylic oxidation sites excluding steroid dienone is 2. The summed E-state index contributed by atoms with van der Waals surface area (Å²) in [7, 11) is 0. The molecule has 0 saturated carbocycles. The fraction of sp³-hybridized carbons (Fsp3) is 0.556. The summed E-state index contributed by atoms with van der Waals surface area (Å²) in [5, 5.41) is 0. The van der Waals surface area contributed by atoms with Gasteiger partial charge in [0, 0.05) is 0 Å². The van der Waals surface area contributed by atoms with E-state index < -0.39 is 0 Å². The zero-order chi connectivity index (χ0) is 14.1. The first-order valence-electron chi connectivity index (χ1n) is 7.47. The van der Waals surface area contributed by atoms with Gasteiger partial charge in [0.15, 0.2) is 0 Å². The van der Waals surface area contributed by atoms with Crippen molar-refractivity contribution in [2.75, 3.05) is 6.61 Å². The molecular formula is C18H28O. The van der Waals surface area contributed by atoms with E-state index >= 15 is 0 Å². The minimum absolute atomic E-state index is 0.727. The maximum Gasteiger partial charge on any atom is 0.119 e. The van der Waals surface area contributed by atoms with Gasteiger partial charge in [-0.3, -0.25) is 0 Å². The molecule has 106 valence electrons. The molecule has 0 radical (unpaired) electrons. The Bertz CT molecular complexity index is 371. The largest absolute Gasteiger partial charge is 0.494 e. The molecule has 0 N–H and O–H groups in total. The lowest BCUT2D eigenvalue weighted by Gasteiger charge is -2.11. The summed E-state index contributed by atoms with van der Waals surface area (Å²) in [6, 6.07) is 8.44. The van der Waals surface area contributed by atoms with Crippen LogP contribution in [0.5, 0.6) is 5.75 Å². The zero-order valence-electron chi connectivity index (χ0n) is 12.9. The Morgan fingerprint density at radius 3 is 2.42 bits per heavy atom. The van der Waals surface area contributed by atoms with Crippen molar-refractivity contribution in [1.82, 2.24) is 0 Å². The van der Waals surface area contributed by atoms with Gasteiger partial charge in [0.1, 0.15) is 5.75 Å². The maximum absolute atomic E-state index is 5.79. The van der Waals surface area contributed by atoms with Crippen LogP contribution in [-0.4, -0.2) is 6.61 Å². The van der Waals surface area contributed by atoms with E-state index in [4.69, 9.17) is 4.74 Å². The Hall–Kier alpha value is -1.24. The summed E-state index contributed by atoms with van der Waals surface area (Å²) in [5.74, 6) is 1.72. The molecule has 1 unspecified atom stereocenters. The summed E-state index contributed by atoms with van der Waals surface area (Å²) < 4.78 is 5.79. The lowest BCUT2D eigenvalue weighted by Crippen LogP contribution is -2.04. The van der Waals surface area contributed by atoms with Crippen LogP contribution in [0, 0.1) is 5.92 Å². The highest BCUT2D eigenvalue weighted by atomic mass is 16.5. The van der Waals surface area contributed by atoms with Crippen LogP contribution >= 0.6 is 0 Å². The molecule has 1 heteroatoms. The van der Waals surface area contributed by atoms with Crippen molar-refractivity contribution >= 4 is 0 Å². The van der Waals surface area contributed by atoms with Crippen LogP contribution in [0.4, 0.5) is 0 Å². The second-order valence-corrected chi connectivity index (χ2v) is 5.60. The smallest absolute Gasteiger partial charge is 0.119 e. The molecule has 0 aromatic heterocycles. The quantitative estimate of drug-likeness (QED) is 0.569. The normalized spacial score (nSPS) is 12.0. The number of hydrogen-bond acceptors (Lipinski definition) is 1. The monoisotopic (exact) mass is 260 g/mol. The van der Waals surface area contributed by atoms with E-state index in [0.717, 1.165) is 31.1 Å². The number of rotatable bonds is 8. The first-order chi connectivity index (χ1) is 9.11. The van der Waals surface area contributed by atoms with Crippen LogP contribution in [0.3, 0.4) is 0 Å². The van der Waals surface area contributed by atoms with Gasteiger partial charge in [0.25, 0.3) is 0 Å². The van der Waals surface area contributed by atoms with Crippen molar-refractivity contribution in [2.45, 2.75) is 53.4 Å². The molecule has 0 fully saturated rings. The summed E-state index contributed by atoms with van der Waals surface area (Å²) in [6.07, 6.45) is 6.98. The molecular weight excluding hydrogens is 232 g/mol. The van der Waals surface area contributed by atoms with E-state index in [2.05, 4.69) is 58.0 Å². The molecule has 1 rings (SSSR count). The highest BCUT2D eigenvalue weighted by Crippen LogP contribution is 2.15. The van der Waals surface area contributed by atoms with Crippen LogP contribution < -0.4 is 4.74 Å². The third-order valence-corrected chi connectivity index (χ3v) is 3.42. The van der Waals surface area contributed by atoms with E-state index in [-0.39, 0.29) is 0 Å². The van der Waals surface area contributed by atoms with Crippen molar-refractivity contribution < 1.29 is 4.74 Å². The van der Waals surface area contributed by atoms with Crippen LogP contribution in [0.1, 0.15) is 52.5 Å². The second kappa shape index (κ2) is 8.79. The van der Waals surface area contributed by atoms with Crippen molar-refractivity contribution in [3.63, 3.8) is 0 Å². The molecule has 0 amide bonds. The van der Waals surface area contributed by atoms with Crippen LogP contribution in [0.25, 0.3) is 0 Å². The van der Waals surface area contributed by atoms with E-state index in [9.17, 15) is 0 Å². The molecule has 19 heavy (non-hydrogen) atoms. The Kier molecular flexibility index (Phi) is 7.32. The topological polar surface area (TPSA) is 9.23 Å². The Morgan fingerprint density at radius 1 is 1.16 bits per heavy atom. The van der Waals surface area contributed by atoms with Gasteiger partial charge in [-0.1, -0.05) is 37.6 Å². The van der Waals surface area contributed by atoms with Gasteiger partial charge in [0.05, 0.1) is 6.61 Å². The van der Waals surface area contributed by atoms with Crippen LogP contribution in [0.15, 0.2) is 35.9 Å². The number of benzene rings is 1. The van der Waals surface area contributed by atoms with Gasteiger partial charge in [-0.15, -0.1) is 0 Å². The van der Waals surface area contributed by atoms with Gasteiger partial charge in [0.2, 0.25) is 0 Å². The van der Waals surface area contributed by atoms with Gasteiger partial charge < -0.3 is 4.74 Å². The average molecular weight is 260 g/mol. The number of aryl methyl sites for hydroxylation is 1. The third-order valence-electron chi connectivity index (χ3n) is 3.42. The van der Waals surface area contributed by atoms with E-state index in [1.165, 1.54) is 24.0 Å². The number of hydrogen-bond donors (Lipinski definition) is 0. The number of ether oxygens (including phenoxy) is 1. The van der Waals surface area contributed by atoms with Gasteiger partial charge >= 0.3 is 0 Å². The lowest BCUT2D eigenvalue weighted by molar-refractivity contribution is 0.279.